The van der Waals surface area contributed by atoms with Crippen LogP contribution in [-0.4, -0.2) is 17.8 Å². The van der Waals surface area contributed by atoms with E-state index in [1.165, 1.54) is 0 Å². The summed E-state index contributed by atoms with van der Waals surface area (Å²) in [5, 5.41) is 11.0. The molecule has 1 aromatic rings. The van der Waals surface area contributed by atoms with E-state index in [1.54, 1.807) is 12.1 Å². The van der Waals surface area contributed by atoms with Gasteiger partial charge in [-0.25, -0.2) is 0 Å². The summed E-state index contributed by atoms with van der Waals surface area (Å²) in [6, 6.07) is 7.23. The van der Waals surface area contributed by atoms with Crippen molar-refractivity contribution in [3.05, 3.63) is 62.9 Å². The van der Waals surface area contributed by atoms with Crippen LogP contribution >= 0.6 is 0 Å². The monoisotopic (exact) mass is 299 g/mol. The van der Waals surface area contributed by atoms with Gasteiger partial charge >= 0.3 is 0 Å². The molecule has 0 aromatic heterocycles. The smallest absolute Gasteiger partial charge is 0.215 e. The summed E-state index contributed by atoms with van der Waals surface area (Å²) < 4.78 is 5.94. The van der Waals surface area contributed by atoms with E-state index in [-0.39, 0.29) is 11.5 Å². The predicted octanol–water partition coefficient (Wildman–Crippen LogP) is 3.39. The molecule has 5 nitrogen and oxygen atoms in total. The standard InChI is InChI=1S/C17H17NO4/c19-11-15-14(10-18(20)21)13-8-4-5-9-16(13)22-17(15)12-6-2-1-3-7-12/h4-6,8-9,11,14H,1-3,7,10H2/t14-/m1/s1. The molecule has 1 aliphatic carbocycles. The molecule has 22 heavy (non-hydrogen) atoms. The molecule has 114 valence electrons. The van der Waals surface area contributed by atoms with Crippen LogP contribution in [0.2, 0.25) is 0 Å². The Hall–Kier alpha value is -2.43. The quantitative estimate of drug-likeness (QED) is 0.485. The second-order valence-corrected chi connectivity index (χ2v) is 5.59. The van der Waals surface area contributed by atoms with E-state index >= 15 is 0 Å². The maximum atomic E-state index is 11.6. The maximum absolute atomic E-state index is 11.6. The molecule has 5 heteroatoms. The second kappa shape index (κ2) is 6.13. The number of aldehydes is 1. The van der Waals surface area contributed by atoms with Gasteiger partial charge in [0, 0.05) is 16.1 Å². The lowest BCUT2D eigenvalue weighted by Gasteiger charge is -2.28. The fraction of sp³-hybridized carbons (Fsp3) is 0.353. The third kappa shape index (κ3) is 2.66. The van der Waals surface area contributed by atoms with Crippen molar-refractivity contribution in [3.8, 4) is 5.75 Å². The number of carbonyl (C=O) groups excluding carboxylic acids is 1. The van der Waals surface area contributed by atoms with Crippen LogP contribution in [-0.2, 0) is 4.79 Å². The van der Waals surface area contributed by atoms with Crippen LogP contribution in [0.3, 0.4) is 0 Å². The van der Waals surface area contributed by atoms with Gasteiger partial charge in [0.2, 0.25) is 6.54 Å². The summed E-state index contributed by atoms with van der Waals surface area (Å²) in [5.74, 6) is 0.594. The lowest BCUT2D eigenvalue weighted by Crippen LogP contribution is -2.24. The molecule has 0 spiro atoms. The number of hydrogen-bond acceptors (Lipinski definition) is 4. The van der Waals surface area contributed by atoms with E-state index in [2.05, 4.69) is 6.08 Å². The average Bonchev–Trinajstić information content (AvgIpc) is 2.55. The Bertz CT molecular complexity index is 675. The van der Waals surface area contributed by atoms with Crippen LogP contribution in [0.25, 0.3) is 0 Å². The SMILES string of the molecule is O=CC1=C(C2=CCCCC2)Oc2ccccc2[C@H]1C[N+](=O)[O-]. The van der Waals surface area contributed by atoms with Gasteiger partial charge in [-0.3, -0.25) is 14.9 Å². The zero-order valence-corrected chi connectivity index (χ0v) is 12.2. The Morgan fingerprint density at radius 2 is 2.14 bits per heavy atom. The van der Waals surface area contributed by atoms with Gasteiger partial charge in [-0.2, -0.15) is 0 Å². The van der Waals surface area contributed by atoms with Gasteiger partial charge in [-0.1, -0.05) is 24.3 Å². The molecule has 0 N–H and O–H groups in total. The summed E-state index contributed by atoms with van der Waals surface area (Å²) >= 11 is 0. The zero-order valence-electron chi connectivity index (χ0n) is 12.2. The molecule has 0 radical (unpaired) electrons. The van der Waals surface area contributed by atoms with Gasteiger partial charge < -0.3 is 4.74 Å². The highest BCUT2D eigenvalue weighted by Crippen LogP contribution is 2.41. The lowest BCUT2D eigenvalue weighted by atomic mass is 9.85. The fourth-order valence-electron chi connectivity index (χ4n) is 3.13. The van der Waals surface area contributed by atoms with Crippen LogP contribution in [0.4, 0.5) is 0 Å². The molecule has 1 heterocycles. The van der Waals surface area contributed by atoms with Gasteiger partial charge in [-0.15, -0.1) is 0 Å². The molecule has 0 saturated carbocycles. The molecule has 0 fully saturated rings. The van der Waals surface area contributed by atoms with E-state index < -0.39 is 5.92 Å². The van der Waals surface area contributed by atoms with Crippen molar-refractivity contribution in [2.75, 3.05) is 6.54 Å². The maximum Gasteiger partial charge on any atom is 0.215 e. The van der Waals surface area contributed by atoms with Crippen molar-refractivity contribution in [1.82, 2.24) is 0 Å². The summed E-state index contributed by atoms with van der Waals surface area (Å²) in [4.78, 5) is 22.3. The molecule has 3 rings (SSSR count). The molecule has 1 aromatic carbocycles. The van der Waals surface area contributed by atoms with Crippen molar-refractivity contribution in [3.63, 3.8) is 0 Å². The number of nitrogens with zero attached hydrogens (tertiary/aromatic N) is 1. The molecule has 1 aliphatic heterocycles. The number of para-hydroxylation sites is 1. The van der Waals surface area contributed by atoms with Crippen molar-refractivity contribution in [1.29, 1.82) is 0 Å². The molecule has 0 amide bonds. The fourth-order valence-corrected chi connectivity index (χ4v) is 3.13. The summed E-state index contributed by atoms with van der Waals surface area (Å²) in [6.45, 7) is -0.300. The Morgan fingerprint density at radius 1 is 1.32 bits per heavy atom. The number of nitro groups is 1. The number of benzene rings is 1. The minimum atomic E-state index is -0.546. The molecule has 0 bridgehead atoms. The first kappa shape index (κ1) is 14.5. The molecule has 2 aliphatic rings. The number of hydrogen-bond donors (Lipinski definition) is 0. The molecule has 0 unspecified atom stereocenters. The largest absolute Gasteiger partial charge is 0.456 e. The third-order valence-electron chi connectivity index (χ3n) is 4.19. The van der Waals surface area contributed by atoms with E-state index in [0.717, 1.165) is 37.5 Å². The van der Waals surface area contributed by atoms with Gasteiger partial charge in [-0.05, 0) is 37.3 Å². The first-order valence-corrected chi connectivity index (χ1v) is 7.48. The predicted molar refractivity (Wildman–Crippen MR) is 81.3 cm³/mol. The van der Waals surface area contributed by atoms with Gasteiger partial charge in [0.25, 0.3) is 0 Å². The molecule has 0 saturated heterocycles. The van der Waals surface area contributed by atoms with E-state index in [1.807, 2.05) is 12.1 Å². The Kier molecular flexibility index (Phi) is 4.04. The summed E-state index contributed by atoms with van der Waals surface area (Å²) in [5.41, 5.74) is 2.10. The molecule has 1 atom stereocenters. The van der Waals surface area contributed by atoms with E-state index in [0.29, 0.717) is 22.6 Å². The Labute approximate surface area is 128 Å². The van der Waals surface area contributed by atoms with Crippen molar-refractivity contribution < 1.29 is 14.5 Å². The van der Waals surface area contributed by atoms with Gasteiger partial charge in [0.05, 0.1) is 5.92 Å². The highest BCUT2D eigenvalue weighted by Gasteiger charge is 2.34. The van der Waals surface area contributed by atoms with E-state index in [4.69, 9.17) is 4.74 Å². The highest BCUT2D eigenvalue weighted by molar-refractivity contribution is 5.80. The van der Waals surface area contributed by atoms with Crippen LogP contribution in [0.15, 0.2) is 47.2 Å². The van der Waals surface area contributed by atoms with Crippen molar-refractivity contribution >= 4 is 6.29 Å². The van der Waals surface area contributed by atoms with Crippen LogP contribution < -0.4 is 4.74 Å². The highest BCUT2D eigenvalue weighted by atomic mass is 16.6. The van der Waals surface area contributed by atoms with Crippen LogP contribution in [0.5, 0.6) is 5.75 Å². The zero-order chi connectivity index (χ0) is 15.5. The molecular weight excluding hydrogens is 282 g/mol. The van der Waals surface area contributed by atoms with Crippen molar-refractivity contribution in [2.24, 2.45) is 0 Å². The normalized spacial score (nSPS) is 20.7. The minimum absolute atomic E-state index is 0.300. The number of rotatable bonds is 4. The number of carbonyl (C=O) groups is 1. The number of allylic oxidation sites excluding steroid dienone is 2. The molecular formula is C17H17NO4. The Morgan fingerprint density at radius 3 is 2.82 bits per heavy atom. The average molecular weight is 299 g/mol. The third-order valence-corrected chi connectivity index (χ3v) is 4.19. The number of fused-ring (bicyclic) bond motifs is 1. The van der Waals surface area contributed by atoms with E-state index in [9.17, 15) is 14.9 Å². The van der Waals surface area contributed by atoms with Crippen LogP contribution in [0, 0.1) is 10.1 Å². The number of ether oxygens (including phenoxy) is 1. The summed E-state index contributed by atoms with van der Waals surface area (Å²) in [7, 11) is 0. The first-order chi connectivity index (χ1) is 10.7. The van der Waals surface area contributed by atoms with Crippen molar-refractivity contribution in [2.45, 2.75) is 31.6 Å². The van der Waals surface area contributed by atoms with Crippen LogP contribution in [0.1, 0.15) is 37.2 Å². The van der Waals surface area contributed by atoms with Gasteiger partial charge in [0.15, 0.2) is 6.29 Å². The second-order valence-electron chi connectivity index (χ2n) is 5.59. The Balaban J connectivity index is 2.10. The first-order valence-electron chi connectivity index (χ1n) is 7.48. The summed E-state index contributed by atoms with van der Waals surface area (Å²) in [6.07, 6.45) is 6.78. The minimum Gasteiger partial charge on any atom is -0.456 e. The topological polar surface area (TPSA) is 69.4 Å². The van der Waals surface area contributed by atoms with Gasteiger partial charge in [0.1, 0.15) is 11.5 Å². The lowest BCUT2D eigenvalue weighted by molar-refractivity contribution is -0.482.